The Kier molecular flexibility index (Phi) is 4.09. The largest absolute Gasteiger partial charge is 0.339 e. The van der Waals surface area contributed by atoms with Gasteiger partial charge in [-0.1, -0.05) is 23.2 Å². The van der Waals surface area contributed by atoms with E-state index in [9.17, 15) is 0 Å². The van der Waals surface area contributed by atoms with Crippen LogP contribution in [-0.2, 0) is 0 Å². The van der Waals surface area contributed by atoms with Crippen LogP contribution in [0.2, 0.25) is 10.0 Å². The molecule has 0 radical (unpaired) electrons. The molecule has 0 aliphatic carbocycles. The molecule has 2 rings (SSSR count). The monoisotopic (exact) mass is 297 g/mol. The second kappa shape index (κ2) is 5.61. The summed E-state index contributed by atoms with van der Waals surface area (Å²) in [6.07, 6.45) is 1.66. The highest BCUT2D eigenvalue weighted by molar-refractivity contribution is 6.35. The first-order valence-corrected chi connectivity index (χ1v) is 6.29. The SMILES string of the molecule is Cc1cc(Cl)c(Nc2nc(NN)ncc2C)cc1Cl. The minimum Gasteiger partial charge on any atom is -0.339 e. The summed E-state index contributed by atoms with van der Waals surface area (Å²) in [5, 5.41) is 4.33. The molecule has 2 aromatic rings. The average molecular weight is 298 g/mol. The topological polar surface area (TPSA) is 75.9 Å². The lowest BCUT2D eigenvalue weighted by Crippen LogP contribution is -2.11. The van der Waals surface area contributed by atoms with Crippen LogP contribution in [0.5, 0.6) is 0 Å². The van der Waals surface area contributed by atoms with Gasteiger partial charge in [-0.25, -0.2) is 10.8 Å². The number of hydrazine groups is 1. The number of aryl methyl sites for hydroxylation is 2. The van der Waals surface area contributed by atoms with E-state index in [0.29, 0.717) is 27.5 Å². The second-order valence-electron chi connectivity index (χ2n) is 4.08. The van der Waals surface area contributed by atoms with Crippen molar-refractivity contribution in [2.24, 2.45) is 5.84 Å². The highest BCUT2D eigenvalue weighted by Crippen LogP contribution is 2.31. The molecule has 0 amide bonds. The van der Waals surface area contributed by atoms with E-state index in [2.05, 4.69) is 20.7 Å². The zero-order valence-electron chi connectivity index (χ0n) is 10.5. The first-order valence-electron chi connectivity index (χ1n) is 5.54. The molecule has 7 heteroatoms. The molecule has 0 saturated heterocycles. The van der Waals surface area contributed by atoms with E-state index in [4.69, 9.17) is 29.0 Å². The van der Waals surface area contributed by atoms with Crippen LogP contribution in [0.15, 0.2) is 18.3 Å². The number of aromatic nitrogens is 2. The van der Waals surface area contributed by atoms with Crippen LogP contribution in [0.25, 0.3) is 0 Å². The molecule has 1 heterocycles. The third kappa shape index (κ3) is 3.07. The maximum atomic E-state index is 6.17. The molecular weight excluding hydrogens is 285 g/mol. The second-order valence-corrected chi connectivity index (χ2v) is 4.89. The summed E-state index contributed by atoms with van der Waals surface area (Å²) in [4.78, 5) is 8.23. The normalized spacial score (nSPS) is 10.4. The van der Waals surface area contributed by atoms with Gasteiger partial charge in [0.15, 0.2) is 0 Å². The molecule has 0 atom stereocenters. The predicted octanol–water partition coefficient (Wildman–Crippen LogP) is 3.43. The van der Waals surface area contributed by atoms with E-state index < -0.39 is 0 Å². The van der Waals surface area contributed by atoms with Gasteiger partial charge in [0.25, 0.3) is 0 Å². The van der Waals surface area contributed by atoms with Crippen LogP contribution < -0.4 is 16.6 Å². The van der Waals surface area contributed by atoms with Crippen molar-refractivity contribution in [2.75, 3.05) is 10.7 Å². The van der Waals surface area contributed by atoms with Crippen LogP contribution in [0.1, 0.15) is 11.1 Å². The summed E-state index contributed by atoms with van der Waals surface area (Å²) in [6, 6.07) is 3.56. The number of nitrogen functional groups attached to an aromatic ring is 1. The Morgan fingerprint density at radius 2 is 1.84 bits per heavy atom. The number of hydrogen-bond donors (Lipinski definition) is 3. The summed E-state index contributed by atoms with van der Waals surface area (Å²) >= 11 is 12.3. The lowest BCUT2D eigenvalue weighted by atomic mass is 10.2. The van der Waals surface area contributed by atoms with Crippen LogP contribution in [0.4, 0.5) is 17.5 Å². The number of nitrogens with one attached hydrogen (secondary N) is 2. The lowest BCUT2D eigenvalue weighted by Gasteiger charge is -2.12. The van der Waals surface area contributed by atoms with Gasteiger partial charge in [0.05, 0.1) is 10.7 Å². The summed E-state index contributed by atoms with van der Waals surface area (Å²) in [7, 11) is 0. The molecule has 0 aliphatic rings. The highest BCUT2D eigenvalue weighted by atomic mass is 35.5. The molecule has 19 heavy (non-hydrogen) atoms. The van der Waals surface area contributed by atoms with Gasteiger partial charge >= 0.3 is 0 Å². The fourth-order valence-corrected chi connectivity index (χ4v) is 1.94. The van der Waals surface area contributed by atoms with Gasteiger partial charge in [0.1, 0.15) is 5.82 Å². The Morgan fingerprint density at radius 3 is 2.53 bits per heavy atom. The van der Waals surface area contributed by atoms with E-state index in [0.717, 1.165) is 11.1 Å². The zero-order chi connectivity index (χ0) is 14.0. The third-order valence-electron chi connectivity index (χ3n) is 2.60. The van der Waals surface area contributed by atoms with Crippen molar-refractivity contribution in [1.29, 1.82) is 0 Å². The lowest BCUT2D eigenvalue weighted by molar-refractivity contribution is 1.09. The fourth-order valence-electron chi connectivity index (χ4n) is 1.51. The van der Waals surface area contributed by atoms with E-state index in [1.165, 1.54) is 0 Å². The standard InChI is InChI=1S/C12H13Cl2N5/c1-6-3-9(14)10(4-8(6)13)17-11-7(2)5-16-12(18-11)19-15/h3-5H,15H2,1-2H3,(H2,16,17,18,19). The van der Waals surface area contributed by atoms with Gasteiger partial charge in [-0.3, -0.25) is 5.43 Å². The van der Waals surface area contributed by atoms with Crippen molar-refractivity contribution in [1.82, 2.24) is 9.97 Å². The van der Waals surface area contributed by atoms with Gasteiger partial charge in [-0.05, 0) is 31.5 Å². The van der Waals surface area contributed by atoms with Crippen LogP contribution in [0, 0.1) is 13.8 Å². The summed E-state index contributed by atoms with van der Waals surface area (Å²) < 4.78 is 0. The first kappa shape index (κ1) is 13.9. The van der Waals surface area contributed by atoms with Gasteiger partial charge in [0, 0.05) is 16.8 Å². The Labute approximate surface area is 121 Å². The Morgan fingerprint density at radius 1 is 1.11 bits per heavy atom. The smallest absolute Gasteiger partial charge is 0.239 e. The van der Waals surface area contributed by atoms with Crippen molar-refractivity contribution in [3.05, 3.63) is 39.5 Å². The predicted molar refractivity (Wildman–Crippen MR) is 79.1 cm³/mol. The van der Waals surface area contributed by atoms with Crippen molar-refractivity contribution < 1.29 is 0 Å². The number of halogens is 2. The molecule has 0 unspecified atom stereocenters. The number of rotatable bonds is 3. The Hall–Kier alpha value is -1.56. The Bertz CT molecular complexity index is 615. The van der Waals surface area contributed by atoms with Gasteiger partial charge < -0.3 is 5.32 Å². The van der Waals surface area contributed by atoms with Crippen molar-refractivity contribution in [3.8, 4) is 0 Å². The highest BCUT2D eigenvalue weighted by Gasteiger charge is 2.08. The minimum absolute atomic E-state index is 0.322. The van der Waals surface area contributed by atoms with Crippen LogP contribution >= 0.6 is 23.2 Å². The quantitative estimate of drug-likeness (QED) is 0.598. The first-order chi connectivity index (χ1) is 9.01. The molecule has 5 nitrogen and oxygen atoms in total. The molecule has 0 bridgehead atoms. The van der Waals surface area contributed by atoms with E-state index in [-0.39, 0.29) is 0 Å². The zero-order valence-corrected chi connectivity index (χ0v) is 12.0. The fraction of sp³-hybridized carbons (Fsp3) is 0.167. The van der Waals surface area contributed by atoms with E-state index in [1.54, 1.807) is 18.3 Å². The molecule has 0 fully saturated rings. The number of nitrogens with two attached hydrogens (primary N) is 1. The number of anilines is 3. The maximum absolute atomic E-state index is 6.17. The number of nitrogens with zero attached hydrogens (tertiary/aromatic N) is 2. The van der Waals surface area contributed by atoms with E-state index >= 15 is 0 Å². The molecule has 0 spiro atoms. The molecule has 1 aromatic heterocycles. The Balaban J connectivity index is 2.38. The van der Waals surface area contributed by atoms with Crippen LogP contribution in [-0.4, -0.2) is 9.97 Å². The average Bonchev–Trinajstić information content (AvgIpc) is 2.38. The molecule has 0 saturated carbocycles. The van der Waals surface area contributed by atoms with Gasteiger partial charge in [-0.2, -0.15) is 4.98 Å². The third-order valence-corrected chi connectivity index (χ3v) is 3.32. The summed E-state index contributed by atoms with van der Waals surface area (Å²) in [5.74, 6) is 6.22. The molecular formula is C12H13Cl2N5. The minimum atomic E-state index is 0.322. The van der Waals surface area contributed by atoms with E-state index in [1.807, 2.05) is 13.8 Å². The van der Waals surface area contributed by atoms with Crippen LogP contribution in [0.3, 0.4) is 0 Å². The molecule has 1 aromatic carbocycles. The maximum Gasteiger partial charge on any atom is 0.239 e. The summed E-state index contributed by atoms with van der Waals surface area (Å²) in [5.41, 5.74) is 4.86. The molecule has 0 aliphatic heterocycles. The van der Waals surface area contributed by atoms with Crippen molar-refractivity contribution in [3.63, 3.8) is 0 Å². The molecule has 100 valence electrons. The van der Waals surface area contributed by atoms with Gasteiger partial charge in [-0.15, -0.1) is 0 Å². The number of hydrogen-bond acceptors (Lipinski definition) is 5. The van der Waals surface area contributed by atoms with Gasteiger partial charge in [0.2, 0.25) is 5.95 Å². The van der Waals surface area contributed by atoms with Crippen molar-refractivity contribution in [2.45, 2.75) is 13.8 Å². The summed E-state index contributed by atoms with van der Waals surface area (Å²) in [6.45, 7) is 3.77. The number of benzene rings is 1. The molecule has 4 N–H and O–H groups in total. The van der Waals surface area contributed by atoms with Crippen molar-refractivity contribution >= 4 is 40.7 Å².